The minimum Gasteiger partial charge on any atom is -0.395 e. The fourth-order valence-corrected chi connectivity index (χ4v) is 3.34. The maximum absolute atomic E-state index is 12.8. The third-order valence-electron chi connectivity index (χ3n) is 4.54. The van der Waals surface area contributed by atoms with E-state index >= 15 is 0 Å². The Morgan fingerprint density at radius 3 is 2.47 bits per heavy atom. The van der Waals surface area contributed by atoms with E-state index in [0.29, 0.717) is 19.0 Å². The van der Waals surface area contributed by atoms with E-state index in [1.807, 2.05) is 4.90 Å². The number of nitrogens with two attached hydrogens (primary N) is 1. The highest BCUT2D eigenvalue weighted by atomic mass is 16.3. The molecule has 19 heavy (non-hydrogen) atoms. The number of carbonyl (C=O) groups excluding carboxylic acids is 1. The number of aliphatic hydroxyl groups is 1. The van der Waals surface area contributed by atoms with Gasteiger partial charge in [-0.25, -0.2) is 0 Å². The Morgan fingerprint density at radius 1 is 1.32 bits per heavy atom. The molecule has 0 saturated heterocycles. The first-order chi connectivity index (χ1) is 9.19. The lowest BCUT2D eigenvalue weighted by Gasteiger charge is -2.37. The van der Waals surface area contributed by atoms with Crippen LogP contribution < -0.4 is 5.73 Å². The summed E-state index contributed by atoms with van der Waals surface area (Å²) in [6.07, 6.45) is 6.25. The summed E-state index contributed by atoms with van der Waals surface area (Å²) in [5.41, 5.74) is 5.83. The third kappa shape index (κ3) is 4.18. The molecule has 1 saturated carbocycles. The molecule has 4 heteroatoms. The highest BCUT2D eigenvalue weighted by molar-refractivity contribution is 5.79. The molecule has 0 aromatic carbocycles. The fraction of sp³-hybridized carbons (Fsp3) is 0.933. The predicted octanol–water partition coefficient (Wildman–Crippen LogP) is 1.76. The Hall–Kier alpha value is -0.610. The van der Waals surface area contributed by atoms with Gasteiger partial charge in [-0.05, 0) is 38.1 Å². The Morgan fingerprint density at radius 2 is 1.95 bits per heavy atom. The molecule has 1 fully saturated rings. The zero-order valence-electron chi connectivity index (χ0n) is 12.5. The van der Waals surface area contributed by atoms with E-state index in [1.165, 1.54) is 6.42 Å². The van der Waals surface area contributed by atoms with Gasteiger partial charge in [0.2, 0.25) is 5.91 Å². The maximum atomic E-state index is 12.8. The van der Waals surface area contributed by atoms with Crippen molar-refractivity contribution in [3.8, 4) is 0 Å². The molecule has 1 rings (SSSR count). The predicted molar refractivity (Wildman–Crippen MR) is 77.7 cm³/mol. The Bertz CT molecular complexity index is 267. The molecule has 3 N–H and O–H groups in total. The molecule has 0 radical (unpaired) electrons. The third-order valence-corrected chi connectivity index (χ3v) is 4.54. The van der Waals surface area contributed by atoms with Crippen LogP contribution in [0.1, 0.15) is 52.4 Å². The van der Waals surface area contributed by atoms with Crippen LogP contribution in [0.5, 0.6) is 0 Å². The first-order valence-corrected chi connectivity index (χ1v) is 7.80. The minimum absolute atomic E-state index is 0.0439. The largest absolute Gasteiger partial charge is 0.395 e. The molecule has 0 aliphatic heterocycles. The lowest BCUT2D eigenvalue weighted by Crippen LogP contribution is -2.48. The molecule has 1 aliphatic carbocycles. The van der Waals surface area contributed by atoms with Crippen molar-refractivity contribution in [2.75, 3.05) is 19.7 Å². The molecule has 112 valence electrons. The molecule has 0 bridgehead atoms. The van der Waals surface area contributed by atoms with Crippen molar-refractivity contribution in [1.82, 2.24) is 4.90 Å². The number of hydrogen-bond donors (Lipinski definition) is 2. The van der Waals surface area contributed by atoms with E-state index < -0.39 is 0 Å². The summed E-state index contributed by atoms with van der Waals surface area (Å²) in [5, 5.41) is 9.23. The van der Waals surface area contributed by atoms with Gasteiger partial charge in [-0.3, -0.25) is 4.79 Å². The second-order valence-corrected chi connectivity index (χ2v) is 5.61. The van der Waals surface area contributed by atoms with Crippen molar-refractivity contribution in [1.29, 1.82) is 0 Å². The van der Waals surface area contributed by atoms with Gasteiger partial charge in [-0.2, -0.15) is 0 Å². The van der Waals surface area contributed by atoms with Gasteiger partial charge in [-0.1, -0.05) is 26.7 Å². The Labute approximate surface area is 117 Å². The highest BCUT2D eigenvalue weighted by Crippen LogP contribution is 2.31. The summed E-state index contributed by atoms with van der Waals surface area (Å²) in [6.45, 7) is 5.31. The minimum atomic E-state index is 0.0439. The number of amides is 1. The molecule has 0 aromatic rings. The van der Waals surface area contributed by atoms with Gasteiger partial charge in [0.15, 0.2) is 0 Å². The standard InChI is InChI=1S/C15H30N2O2/c1-3-13(4-2)17(9-10-18)15(19)14-8-6-5-7-12(14)11-16/h12-14,18H,3-11,16H2,1-2H3. The van der Waals surface area contributed by atoms with E-state index in [9.17, 15) is 9.90 Å². The van der Waals surface area contributed by atoms with Crippen LogP contribution in [0.2, 0.25) is 0 Å². The van der Waals surface area contributed by atoms with Crippen molar-refractivity contribution in [3.63, 3.8) is 0 Å². The van der Waals surface area contributed by atoms with E-state index in [1.54, 1.807) is 0 Å². The second kappa shape index (κ2) is 8.54. The van der Waals surface area contributed by atoms with Crippen LogP contribution in [0.15, 0.2) is 0 Å². The SMILES string of the molecule is CCC(CC)N(CCO)C(=O)C1CCCCC1CN. The average molecular weight is 270 g/mol. The zero-order chi connectivity index (χ0) is 14.3. The lowest BCUT2D eigenvalue weighted by molar-refractivity contribution is -0.141. The monoisotopic (exact) mass is 270 g/mol. The van der Waals surface area contributed by atoms with Gasteiger partial charge < -0.3 is 15.7 Å². The summed E-state index contributed by atoms with van der Waals surface area (Å²) in [5.74, 6) is 0.626. The molecule has 4 nitrogen and oxygen atoms in total. The topological polar surface area (TPSA) is 66.6 Å². The van der Waals surface area contributed by atoms with Crippen molar-refractivity contribution in [2.24, 2.45) is 17.6 Å². The molecular formula is C15H30N2O2. The van der Waals surface area contributed by atoms with Crippen molar-refractivity contribution in [3.05, 3.63) is 0 Å². The van der Waals surface area contributed by atoms with Gasteiger partial charge in [0, 0.05) is 18.5 Å². The van der Waals surface area contributed by atoms with Crippen LogP contribution in [0.25, 0.3) is 0 Å². The van der Waals surface area contributed by atoms with E-state index in [0.717, 1.165) is 32.1 Å². The van der Waals surface area contributed by atoms with Crippen LogP contribution in [-0.4, -0.2) is 41.7 Å². The summed E-state index contributed by atoms with van der Waals surface area (Å²) < 4.78 is 0. The smallest absolute Gasteiger partial charge is 0.226 e. The normalized spacial score (nSPS) is 23.6. The number of rotatable bonds is 7. The molecule has 0 heterocycles. The van der Waals surface area contributed by atoms with Crippen molar-refractivity contribution < 1.29 is 9.90 Å². The highest BCUT2D eigenvalue weighted by Gasteiger charge is 2.34. The summed E-state index contributed by atoms with van der Waals surface area (Å²) in [4.78, 5) is 14.7. The average Bonchev–Trinajstić information content (AvgIpc) is 2.46. The first kappa shape index (κ1) is 16.4. The van der Waals surface area contributed by atoms with Gasteiger partial charge >= 0.3 is 0 Å². The quantitative estimate of drug-likeness (QED) is 0.741. The summed E-state index contributed by atoms with van der Waals surface area (Å²) in [6, 6.07) is 0.250. The zero-order valence-corrected chi connectivity index (χ0v) is 12.5. The maximum Gasteiger partial charge on any atom is 0.226 e. The van der Waals surface area contributed by atoms with Gasteiger partial charge in [0.1, 0.15) is 0 Å². The van der Waals surface area contributed by atoms with Gasteiger partial charge in [0.05, 0.1) is 6.61 Å². The Kier molecular flexibility index (Phi) is 7.39. The molecule has 2 atom stereocenters. The number of carbonyl (C=O) groups is 1. The lowest BCUT2D eigenvalue weighted by atomic mass is 9.78. The molecule has 0 spiro atoms. The fourth-order valence-electron chi connectivity index (χ4n) is 3.34. The van der Waals surface area contributed by atoms with Crippen molar-refractivity contribution in [2.45, 2.75) is 58.4 Å². The van der Waals surface area contributed by atoms with E-state index in [2.05, 4.69) is 13.8 Å². The van der Waals surface area contributed by atoms with Crippen LogP contribution in [0.3, 0.4) is 0 Å². The van der Waals surface area contributed by atoms with Gasteiger partial charge in [0.25, 0.3) is 0 Å². The molecule has 1 aliphatic rings. The van der Waals surface area contributed by atoms with Crippen LogP contribution >= 0.6 is 0 Å². The van der Waals surface area contributed by atoms with Crippen LogP contribution in [0, 0.1) is 11.8 Å². The van der Waals surface area contributed by atoms with E-state index in [4.69, 9.17) is 5.73 Å². The number of nitrogens with zero attached hydrogens (tertiary/aromatic N) is 1. The summed E-state index contributed by atoms with van der Waals surface area (Å²) in [7, 11) is 0. The molecule has 2 unspecified atom stereocenters. The van der Waals surface area contributed by atoms with E-state index in [-0.39, 0.29) is 24.5 Å². The summed E-state index contributed by atoms with van der Waals surface area (Å²) >= 11 is 0. The van der Waals surface area contributed by atoms with Gasteiger partial charge in [-0.15, -0.1) is 0 Å². The number of hydrogen-bond acceptors (Lipinski definition) is 3. The van der Waals surface area contributed by atoms with Crippen molar-refractivity contribution >= 4 is 5.91 Å². The molecular weight excluding hydrogens is 240 g/mol. The Balaban J connectivity index is 2.78. The second-order valence-electron chi connectivity index (χ2n) is 5.61. The number of aliphatic hydroxyl groups excluding tert-OH is 1. The molecule has 0 aromatic heterocycles. The first-order valence-electron chi connectivity index (χ1n) is 7.80. The van der Waals surface area contributed by atoms with Crippen LogP contribution in [-0.2, 0) is 4.79 Å². The van der Waals surface area contributed by atoms with Crippen LogP contribution in [0.4, 0.5) is 0 Å². The molecule has 1 amide bonds.